The predicted octanol–water partition coefficient (Wildman–Crippen LogP) is 5.04. The van der Waals surface area contributed by atoms with Crippen LogP contribution < -0.4 is 4.72 Å². The van der Waals surface area contributed by atoms with E-state index in [0.29, 0.717) is 5.69 Å². The lowest BCUT2D eigenvalue weighted by Gasteiger charge is -2.34. The summed E-state index contributed by atoms with van der Waals surface area (Å²) >= 11 is 3.36. The minimum Gasteiger partial charge on any atom is -0.378 e. The van der Waals surface area contributed by atoms with Crippen molar-refractivity contribution >= 4 is 31.8 Å². The zero-order chi connectivity index (χ0) is 22.7. The molecule has 176 valence electrons. The van der Waals surface area contributed by atoms with Crippen LogP contribution in [0.15, 0.2) is 41.4 Å². The molecule has 6 nitrogen and oxygen atoms in total. The highest BCUT2D eigenvalue weighted by molar-refractivity contribution is 9.10. The topological polar surface area (TPSA) is 61.9 Å². The lowest BCUT2D eigenvalue weighted by molar-refractivity contribution is 0.0157. The number of rotatable bonds is 14. The molecule has 1 aliphatic rings. The molecule has 1 fully saturated rings. The summed E-state index contributed by atoms with van der Waals surface area (Å²) in [4.78, 5) is 2.29. The van der Waals surface area contributed by atoms with E-state index in [1.54, 1.807) is 19.2 Å². The Morgan fingerprint density at radius 1 is 1.10 bits per heavy atom. The zero-order valence-electron chi connectivity index (χ0n) is 18.9. The fraction of sp³-hybridized carbons (Fsp3) is 0.652. The van der Waals surface area contributed by atoms with Crippen molar-refractivity contribution in [1.82, 2.24) is 9.21 Å². The SMILES string of the molecule is C=CCN(C)CCCCCCOC1CCC(N(C)S(=O)(=O)Nc2ccc(Br)cc2)CC1. The van der Waals surface area contributed by atoms with Gasteiger partial charge in [0, 0.05) is 36.4 Å². The molecule has 0 atom stereocenters. The third-order valence-corrected chi connectivity index (χ3v) is 7.94. The number of hydrogen-bond donors (Lipinski definition) is 1. The molecule has 2 rings (SSSR count). The van der Waals surface area contributed by atoms with Crippen LogP contribution in [0, 0.1) is 0 Å². The molecule has 0 spiro atoms. The van der Waals surface area contributed by atoms with Gasteiger partial charge in [0.15, 0.2) is 0 Å². The quantitative estimate of drug-likeness (QED) is 0.278. The second-order valence-electron chi connectivity index (χ2n) is 8.40. The summed E-state index contributed by atoms with van der Waals surface area (Å²) in [7, 11) is 0.227. The first-order valence-corrected chi connectivity index (χ1v) is 13.5. The van der Waals surface area contributed by atoms with Crippen molar-refractivity contribution in [1.29, 1.82) is 0 Å². The number of nitrogens with zero attached hydrogens (tertiary/aromatic N) is 2. The maximum absolute atomic E-state index is 12.7. The molecule has 31 heavy (non-hydrogen) atoms. The summed E-state index contributed by atoms with van der Waals surface area (Å²) in [6, 6.07) is 7.16. The first-order valence-electron chi connectivity index (χ1n) is 11.2. The first kappa shape index (κ1) is 26.3. The Labute approximate surface area is 197 Å². The van der Waals surface area contributed by atoms with Gasteiger partial charge in [-0.1, -0.05) is 34.8 Å². The Kier molecular flexibility index (Phi) is 11.5. The van der Waals surface area contributed by atoms with E-state index in [2.05, 4.69) is 39.2 Å². The van der Waals surface area contributed by atoms with E-state index < -0.39 is 10.2 Å². The highest BCUT2D eigenvalue weighted by Gasteiger charge is 2.30. The van der Waals surface area contributed by atoms with E-state index in [0.717, 1.165) is 56.3 Å². The number of halogens is 1. The van der Waals surface area contributed by atoms with Crippen molar-refractivity contribution in [2.75, 3.05) is 38.5 Å². The van der Waals surface area contributed by atoms with Crippen LogP contribution >= 0.6 is 15.9 Å². The van der Waals surface area contributed by atoms with Crippen molar-refractivity contribution in [3.63, 3.8) is 0 Å². The lowest BCUT2D eigenvalue weighted by Crippen LogP contribution is -2.43. The molecular weight excluding hydrogens is 478 g/mol. The summed E-state index contributed by atoms with van der Waals surface area (Å²) in [5.74, 6) is 0. The molecule has 0 aliphatic heterocycles. The first-order chi connectivity index (χ1) is 14.8. The van der Waals surface area contributed by atoms with E-state index >= 15 is 0 Å². The fourth-order valence-electron chi connectivity index (χ4n) is 3.91. The van der Waals surface area contributed by atoms with Crippen LogP contribution in [-0.2, 0) is 14.9 Å². The number of ether oxygens (including phenoxy) is 1. The average molecular weight is 517 g/mol. The predicted molar refractivity (Wildman–Crippen MR) is 133 cm³/mol. The summed E-state index contributed by atoms with van der Waals surface area (Å²) < 4.78 is 36.5. The number of benzene rings is 1. The smallest absolute Gasteiger partial charge is 0.301 e. The van der Waals surface area contributed by atoms with Gasteiger partial charge in [-0.3, -0.25) is 4.72 Å². The molecule has 0 radical (unpaired) electrons. The minimum atomic E-state index is -3.56. The number of nitrogens with one attached hydrogen (secondary N) is 1. The molecule has 0 bridgehead atoms. The molecule has 0 unspecified atom stereocenters. The van der Waals surface area contributed by atoms with Crippen LogP contribution in [0.1, 0.15) is 51.4 Å². The van der Waals surface area contributed by atoms with E-state index in [1.165, 1.54) is 23.6 Å². The molecule has 0 heterocycles. The second kappa shape index (κ2) is 13.6. The fourth-order valence-corrected chi connectivity index (χ4v) is 5.36. The number of unbranched alkanes of at least 4 members (excludes halogenated alkanes) is 3. The molecule has 1 aromatic rings. The Bertz CT molecular complexity index is 750. The lowest BCUT2D eigenvalue weighted by atomic mass is 9.93. The van der Waals surface area contributed by atoms with E-state index in [4.69, 9.17) is 4.74 Å². The van der Waals surface area contributed by atoms with Crippen LogP contribution in [0.2, 0.25) is 0 Å². The van der Waals surface area contributed by atoms with Crippen LogP contribution in [0.3, 0.4) is 0 Å². The number of anilines is 1. The van der Waals surface area contributed by atoms with Gasteiger partial charge in [-0.2, -0.15) is 12.7 Å². The van der Waals surface area contributed by atoms with Gasteiger partial charge < -0.3 is 9.64 Å². The molecule has 1 N–H and O–H groups in total. The van der Waals surface area contributed by atoms with Gasteiger partial charge in [0.05, 0.1) is 6.10 Å². The van der Waals surface area contributed by atoms with E-state index in [1.807, 2.05) is 18.2 Å². The van der Waals surface area contributed by atoms with E-state index in [9.17, 15) is 8.42 Å². The van der Waals surface area contributed by atoms with Crippen molar-refractivity contribution in [3.05, 3.63) is 41.4 Å². The number of likely N-dealkylation sites (N-methyl/N-ethyl adjacent to an activating group) is 1. The van der Waals surface area contributed by atoms with Crippen LogP contribution in [-0.4, -0.2) is 63.6 Å². The highest BCUT2D eigenvalue weighted by Crippen LogP contribution is 2.27. The highest BCUT2D eigenvalue weighted by atomic mass is 79.9. The molecule has 0 aromatic heterocycles. The molecule has 0 saturated heterocycles. The van der Waals surface area contributed by atoms with E-state index in [-0.39, 0.29) is 12.1 Å². The van der Waals surface area contributed by atoms with Gasteiger partial charge >= 0.3 is 10.2 Å². The van der Waals surface area contributed by atoms with Gasteiger partial charge in [-0.25, -0.2) is 0 Å². The third kappa shape index (κ3) is 9.61. The maximum Gasteiger partial charge on any atom is 0.301 e. The molecule has 1 saturated carbocycles. The summed E-state index contributed by atoms with van der Waals surface area (Å²) in [6.07, 6.45) is 10.4. The average Bonchev–Trinajstić information content (AvgIpc) is 2.74. The normalized spacial score (nSPS) is 19.6. The van der Waals surface area contributed by atoms with Crippen molar-refractivity contribution in [3.8, 4) is 0 Å². The van der Waals surface area contributed by atoms with Gasteiger partial charge in [0.25, 0.3) is 0 Å². The molecular formula is C23H38BrN3O3S. The Balaban J connectivity index is 1.62. The molecule has 0 amide bonds. The Morgan fingerprint density at radius 2 is 1.74 bits per heavy atom. The molecule has 1 aromatic carbocycles. The monoisotopic (exact) mass is 515 g/mol. The number of hydrogen-bond acceptors (Lipinski definition) is 4. The summed E-state index contributed by atoms with van der Waals surface area (Å²) in [5.41, 5.74) is 0.569. The molecule has 8 heteroatoms. The standard InChI is InChI=1S/C23H38BrN3O3S/c1-4-17-26(2)18-7-5-6-8-19-30-23-15-13-22(14-16-23)27(3)31(28,29)25-21-11-9-20(24)10-12-21/h4,9-12,22-23,25H,1,5-8,13-19H2,2-3H3. The van der Waals surface area contributed by atoms with Crippen molar-refractivity contribution in [2.24, 2.45) is 0 Å². The minimum absolute atomic E-state index is 0.0142. The zero-order valence-corrected chi connectivity index (χ0v) is 21.3. The Hall–Kier alpha value is -0.930. The van der Waals surface area contributed by atoms with Crippen molar-refractivity contribution < 1.29 is 13.2 Å². The Morgan fingerprint density at radius 3 is 2.39 bits per heavy atom. The van der Waals surface area contributed by atoms with Gasteiger partial charge in [0.1, 0.15) is 0 Å². The largest absolute Gasteiger partial charge is 0.378 e. The van der Waals surface area contributed by atoms with Crippen LogP contribution in [0.5, 0.6) is 0 Å². The maximum atomic E-state index is 12.7. The van der Waals surface area contributed by atoms with Crippen molar-refractivity contribution in [2.45, 2.75) is 63.5 Å². The molecule has 1 aliphatic carbocycles. The van der Waals surface area contributed by atoms with Crippen LogP contribution in [0.4, 0.5) is 5.69 Å². The van der Waals surface area contributed by atoms with Crippen LogP contribution in [0.25, 0.3) is 0 Å². The van der Waals surface area contributed by atoms with Gasteiger partial charge in [-0.15, -0.1) is 6.58 Å². The summed E-state index contributed by atoms with van der Waals surface area (Å²) in [6.45, 7) is 6.63. The third-order valence-electron chi connectivity index (χ3n) is 5.86. The van der Waals surface area contributed by atoms with Gasteiger partial charge in [-0.05, 0) is 76.4 Å². The summed E-state index contributed by atoms with van der Waals surface area (Å²) in [5, 5.41) is 0. The second-order valence-corrected chi connectivity index (χ2v) is 11.0. The van der Waals surface area contributed by atoms with Gasteiger partial charge in [0.2, 0.25) is 0 Å².